The summed E-state index contributed by atoms with van der Waals surface area (Å²) in [6.45, 7) is 0. The van der Waals surface area contributed by atoms with Gasteiger partial charge in [0.05, 0.1) is 11.6 Å². The molecule has 1 aliphatic rings. The summed E-state index contributed by atoms with van der Waals surface area (Å²) in [4.78, 5) is 31.7. The smallest absolute Gasteiger partial charge is 0.301 e. The normalized spacial score (nSPS) is 17.1. The summed E-state index contributed by atoms with van der Waals surface area (Å²) in [5.74, 6) is -1.35. The number of hydrogen-bond donors (Lipinski definition) is 1. The Balaban J connectivity index is 1.54. The zero-order chi connectivity index (χ0) is 25.2. The minimum Gasteiger partial charge on any atom is -0.507 e. The van der Waals surface area contributed by atoms with Crippen molar-refractivity contribution in [2.24, 2.45) is 0 Å². The molecule has 11 heteroatoms. The second-order valence-corrected chi connectivity index (χ2v) is 10.7. The predicted octanol–water partition coefficient (Wildman–Crippen LogP) is 6.16. The first-order valence-corrected chi connectivity index (χ1v) is 13.2. The highest BCUT2D eigenvalue weighted by Gasteiger charge is 2.48. The first kappa shape index (κ1) is 24.5. The van der Waals surface area contributed by atoms with Gasteiger partial charge < -0.3 is 5.11 Å². The van der Waals surface area contributed by atoms with Gasteiger partial charge in [-0.15, -0.1) is 10.2 Å². The Bertz CT molecular complexity index is 1480. The van der Waals surface area contributed by atoms with Crippen molar-refractivity contribution in [3.63, 3.8) is 0 Å². The van der Waals surface area contributed by atoms with E-state index >= 15 is 0 Å². The number of nitrogens with zero attached hydrogens (tertiary/aromatic N) is 4. The molecule has 1 N–H and O–H groups in total. The molecule has 1 fully saturated rings. The van der Waals surface area contributed by atoms with E-state index in [1.165, 1.54) is 40.4 Å². The molecule has 1 amide bonds. The van der Waals surface area contributed by atoms with Crippen LogP contribution >= 0.6 is 46.3 Å². The standard InChI is InChI=1S/C25H16Cl2N4O3S2/c26-17-7-5-14(6-8-17)20-19(21(32)15-9-11-28-12-10-15)22(33)23(34)31(20)24-29-30-25(36-24)35-13-16-3-1-2-4-18(16)27/h1-12,20,32H,13H2/b21-19+. The fraction of sp³-hybridized carbons (Fsp3) is 0.0800. The fourth-order valence-electron chi connectivity index (χ4n) is 3.77. The molecular formula is C25H16Cl2N4O3S2. The van der Waals surface area contributed by atoms with Gasteiger partial charge >= 0.3 is 5.91 Å². The molecule has 36 heavy (non-hydrogen) atoms. The lowest BCUT2D eigenvalue weighted by Gasteiger charge is -2.22. The molecule has 4 aromatic rings. The van der Waals surface area contributed by atoms with Crippen LogP contribution in [0.1, 0.15) is 22.7 Å². The molecule has 1 saturated heterocycles. The average Bonchev–Trinajstić information content (AvgIpc) is 3.46. The van der Waals surface area contributed by atoms with E-state index in [1.54, 1.807) is 36.4 Å². The molecule has 0 bridgehead atoms. The predicted molar refractivity (Wildman–Crippen MR) is 141 cm³/mol. The van der Waals surface area contributed by atoms with Crippen LogP contribution in [0.4, 0.5) is 5.13 Å². The number of anilines is 1. The van der Waals surface area contributed by atoms with Crippen molar-refractivity contribution in [1.82, 2.24) is 15.2 Å². The van der Waals surface area contributed by atoms with Crippen LogP contribution in [0, 0.1) is 0 Å². The largest absolute Gasteiger partial charge is 0.507 e. The highest BCUT2D eigenvalue weighted by molar-refractivity contribution is 8.00. The third kappa shape index (κ3) is 4.75. The minimum absolute atomic E-state index is 0.0472. The molecule has 1 aliphatic heterocycles. The summed E-state index contributed by atoms with van der Waals surface area (Å²) >= 11 is 14.9. The Hall–Kier alpha value is -3.24. The van der Waals surface area contributed by atoms with Crippen molar-refractivity contribution >= 4 is 68.9 Å². The number of benzene rings is 2. The molecule has 2 aromatic heterocycles. The molecule has 0 saturated carbocycles. The van der Waals surface area contributed by atoms with E-state index in [2.05, 4.69) is 15.2 Å². The quantitative estimate of drug-likeness (QED) is 0.100. The number of halogens is 2. The van der Waals surface area contributed by atoms with Crippen LogP contribution < -0.4 is 4.90 Å². The Morgan fingerprint density at radius 2 is 1.72 bits per heavy atom. The number of pyridine rings is 1. The first-order valence-electron chi connectivity index (χ1n) is 10.6. The number of Topliss-reactive ketones (excluding diaryl/α,β-unsaturated/α-hetero) is 1. The molecule has 180 valence electrons. The first-order chi connectivity index (χ1) is 17.4. The van der Waals surface area contributed by atoms with Crippen LogP contribution in [0.5, 0.6) is 0 Å². The van der Waals surface area contributed by atoms with Crippen LogP contribution in [-0.2, 0) is 15.3 Å². The van der Waals surface area contributed by atoms with E-state index in [9.17, 15) is 14.7 Å². The topological polar surface area (TPSA) is 96.3 Å². The Morgan fingerprint density at radius 3 is 2.44 bits per heavy atom. The van der Waals surface area contributed by atoms with Crippen molar-refractivity contribution in [3.8, 4) is 0 Å². The summed E-state index contributed by atoms with van der Waals surface area (Å²) in [6, 6.07) is 16.5. The molecule has 7 nitrogen and oxygen atoms in total. The summed E-state index contributed by atoms with van der Waals surface area (Å²) in [6.07, 6.45) is 2.99. The van der Waals surface area contributed by atoms with E-state index < -0.39 is 17.7 Å². The van der Waals surface area contributed by atoms with Gasteiger partial charge in [-0.1, -0.05) is 76.6 Å². The van der Waals surface area contributed by atoms with Crippen LogP contribution in [0.15, 0.2) is 83.0 Å². The SMILES string of the molecule is O=C1C(=O)N(c2nnc(SCc3ccccc3Cl)s2)C(c2ccc(Cl)cc2)/C1=C(\O)c1ccncc1. The Labute approximate surface area is 224 Å². The summed E-state index contributed by atoms with van der Waals surface area (Å²) in [5.41, 5.74) is 1.86. The van der Waals surface area contributed by atoms with Gasteiger partial charge in [0.2, 0.25) is 5.13 Å². The van der Waals surface area contributed by atoms with Gasteiger partial charge in [-0.05, 0) is 41.5 Å². The third-order valence-corrected chi connectivity index (χ3v) is 8.22. The lowest BCUT2D eigenvalue weighted by atomic mass is 9.96. The van der Waals surface area contributed by atoms with Crippen LogP contribution in [0.2, 0.25) is 10.0 Å². The van der Waals surface area contributed by atoms with Crippen LogP contribution in [0.3, 0.4) is 0 Å². The molecule has 3 heterocycles. The van der Waals surface area contributed by atoms with Gasteiger partial charge in [0.1, 0.15) is 5.76 Å². The second kappa shape index (κ2) is 10.4. The van der Waals surface area contributed by atoms with Crippen molar-refractivity contribution in [1.29, 1.82) is 0 Å². The lowest BCUT2D eigenvalue weighted by Crippen LogP contribution is -2.29. The van der Waals surface area contributed by atoms with Crippen molar-refractivity contribution < 1.29 is 14.7 Å². The maximum Gasteiger partial charge on any atom is 0.301 e. The maximum absolute atomic E-state index is 13.2. The van der Waals surface area contributed by atoms with Gasteiger partial charge in [0, 0.05) is 33.8 Å². The van der Waals surface area contributed by atoms with Crippen molar-refractivity contribution in [3.05, 3.63) is 105 Å². The number of carbonyl (C=O) groups excluding carboxylic acids is 2. The number of rotatable bonds is 6. The van der Waals surface area contributed by atoms with Crippen LogP contribution in [0.25, 0.3) is 5.76 Å². The van der Waals surface area contributed by atoms with Gasteiger partial charge in [-0.25, -0.2) is 0 Å². The minimum atomic E-state index is -0.912. The third-order valence-electron chi connectivity index (χ3n) is 5.49. The number of aliphatic hydroxyl groups excluding tert-OH is 1. The zero-order valence-electron chi connectivity index (χ0n) is 18.3. The Kier molecular flexibility index (Phi) is 7.06. The van der Waals surface area contributed by atoms with Gasteiger partial charge in [-0.2, -0.15) is 0 Å². The monoisotopic (exact) mass is 554 g/mol. The molecule has 2 aromatic carbocycles. The highest BCUT2D eigenvalue weighted by atomic mass is 35.5. The van der Waals surface area contributed by atoms with Crippen molar-refractivity contribution in [2.75, 3.05) is 4.90 Å². The van der Waals surface area contributed by atoms with E-state index in [4.69, 9.17) is 23.2 Å². The molecule has 1 atom stereocenters. The fourth-order valence-corrected chi connectivity index (χ4v) is 6.05. The van der Waals surface area contributed by atoms with E-state index in [0.29, 0.717) is 31.3 Å². The number of carbonyl (C=O) groups is 2. The van der Waals surface area contributed by atoms with E-state index in [1.807, 2.05) is 24.3 Å². The molecule has 1 unspecified atom stereocenters. The molecule has 5 rings (SSSR count). The average molecular weight is 555 g/mol. The maximum atomic E-state index is 13.2. The molecule has 0 radical (unpaired) electrons. The second-order valence-electron chi connectivity index (χ2n) is 7.69. The van der Waals surface area contributed by atoms with Gasteiger partial charge in [0.25, 0.3) is 5.78 Å². The summed E-state index contributed by atoms with van der Waals surface area (Å²) in [7, 11) is 0. The van der Waals surface area contributed by atoms with E-state index in [0.717, 1.165) is 5.56 Å². The lowest BCUT2D eigenvalue weighted by molar-refractivity contribution is -0.132. The summed E-state index contributed by atoms with van der Waals surface area (Å²) in [5, 5.41) is 20.9. The molecule has 0 aliphatic carbocycles. The van der Waals surface area contributed by atoms with Gasteiger partial charge in [0.15, 0.2) is 4.34 Å². The van der Waals surface area contributed by atoms with Crippen LogP contribution in [-0.4, -0.2) is 32.0 Å². The highest BCUT2D eigenvalue weighted by Crippen LogP contribution is 2.44. The number of aliphatic hydroxyl groups is 1. The van der Waals surface area contributed by atoms with E-state index in [-0.39, 0.29) is 16.5 Å². The Morgan fingerprint density at radius 1 is 1.00 bits per heavy atom. The molecule has 0 spiro atoms. The number of ketones is 1. The zero-order valence-corrected chi connectivity index (χ0v) is 21.5. The van der Waals surface area contributed by atoms with Gasteiger partial charge in [-0.3, -0.25) is 19.5 Å². The number of amides is 1. The number of hydrogen-bond acceptors (Lipinski definition) is 8. The molecular weight excluding hydrogens is 539 g/mol. The summed E-state index contributed by atoms with van der Waals surface area (Å²) < 4.78 is 0.607. The number of aromatic nitrogens is 3. The van der Waals surface area contributed by atoms with Crippen molar-refractivity contribution in [2.45, 2.75) is 16.1 Å². The number of thioether (sulfide) groups is 1.